The highest BCUT2D eigenvalue weighted by atomic mass is 19.1. The van der Waals surface area contributed by atoms with Crippen molar-refractivity contribution in [2.24, 2.45) is 5.10 Å². The molecule has 1 amide bonds. The third-order valence-corrected chi connectivity index (χ3v) is 2.13. The Kier molecular flexibility index (Phi) is 3.76. The number of aromatic nitrogens is 1. The van der Waals surface area contributed by atoms with Crippen LogP contribution in [0.25, 0.3) is 0 Å². The molecule has 90 valence electrons. The van der Waals surface area contributed by atoms with Gasteiger partial charge in [-0.1, -0.05) is 18.2 Å². The Morgan fingerprint density at radius 1 is 1.28 bits per heavy atom. The lowest BCUT2D eigenvalue weighted by Gasteiger charge is -1.98. The summed E-state index contributed by atoms with van der Waals surface area (Å²) in [6.45, 7) is 0. The third-order valence-electron chi connectivity index (χ3n) is 2.13. The Hall–Kier alpha value is -2.56. The first-order valence-electron chi connectivity index (χ1n) is 5.26. The second-order valence-electron chi connectivity index (χ2n) is 3.47. The summed E-state index contributed by atoms with van der Waals surface area (Å²) in [5.74, 6) is -0.766. The summed E-state index contributed by atoms with van der Waals surface area (Å²) in [6.07, 6.45) is 2.88. The number of rotatable bonds is 3. The minimum absolute atomic E-state index is 0.272. The quantitative estimate of drug-likeness (QED) is 0.662. The fourth-order valence-electron chi connectivity index (χ4n) is 1.31. The molecular weight excluding hydrogens is 233 g/mol. The van der Waals surface area contributed by atoms with Gasteiger partial charge in [0, 0.05) is 6.20 Å². The van der Waals surface area contributed by atoms with Crippen LogP contribution in [0, 0.1) is 5.82 Å². The number of halogens is 1. The average molecular weight is 243 g/mol. The molecule has 0 spiro atoms. The zero-order valence-electron chi connectivity index (χ0n) is 9.38. The molecule has 2 aromatic rings. The van der Waals surface area contributed by atoms with Crippen molar-refractivity contribution in [3.63, 3.8) is 0 Å². The number of hydrazone groups is 1. The zero-order valence-corrected chi connectivity index (χ0v) is 9.38. The lowest BCUT2D eigenvalue weighted by atomic mass is 10.2. The molecule has 5 heteroatoms. The van der Waals surface area contributed by atoms with E-state index in [-0.39, 0.29) is 11.5 Å². The van der Waals surface area contributed by atoms with E-state index in [1.165, 1.54) is 24.5 Å². The molecule has 0 saturated heterocycles. The number of nitrogens with one attached hydrogen (secondary N) is 1. The van der Waals surface area contributed by atoms with Crippen LogP contribution < -0.4 is 5.43 Å². The lowest BCUT2D eigenvalue weighted by molar-refractivity contribution is 0.0950. The topological polar surface area (TPSA) is 54.4 Å². The maximum absolute atomic E-state index is 12.9. The van der Waals surface area contributed by atoms with E-state index in [0.29, 0.717) is 5.56 Å². The second-order valence-corrected chi connectivity index (χ2v) is 3.47. The van der Waals surface area contributed by atoms with Crippen molar-refractivity contribution in [2.45, 2.75) is 0 Å². The summed E-state index contributed by atoms with van der Waals surface area (Å²) < 4.78 is 12.9. The van der Waals surface area contributed by atoms with Gasteiger partial charge in [-0.25, -0.2) is 9.82 Å². The summed E-state index contributed by atoms with van der Waals surface area (Å²) in [7, 11) is 0. The van der Waals surface area contributed by atoms with Gasteiger partial charge in [-0.05, 0) is 29.8 Å². The largest absolute Gasteiger partial charge is 0.289 e. The van der Waals surface area contributed by atoms with Crippen molar-refractivity contribution in [3.8, 4) is 0 Å². The van der Waals surface area contributed by atoms with Gasteiger partial charge in [0.2, 0.25) is 0 Å². The van der Waals surface area contributed by atoms with Crippen molar-refractivity contribution in [3.05, 3.63) is 65.7 Å². The molecule has 1 aromatic heterocycles. The van der Waals surface area contributed by atoms with E-state index in [1.54, 1.807) is 30.3 Å². The maximum Gasteiger partial charge on any atom is 0.289 e. The van der Waals surface area contributed by atoms with Crippen LogP contribution in [0.2, 0.25) is 0 Å². The third kappa shape index (κ3) is 3.21. The predicted octanol–water partition coefficient (Wildman–Crippen LogP) is 1.98. The lowest BCUT2D eigenvalue weighted by Crippen LogP contribution is -2.18. The summed E-state index contributed by atoms with van der Waals surface area (Å²) >= 11 is 0. The Bertz CT molecular complexity index is 569. The van der Waals surface area contributed by atoms with E-state index >= 15 is 0 Å². The number of nitrogens with zero attached hydrogens (tertiary/aromatic N) is 2. The molecule has 1 aromatic carbocycles. The van der Waals surface area contributed by atoms with E-state index in [2.05, 4.69) is 15.5 Å². The van der Waals surface area contributed by atoms with Gasteiger partial charge in [0.15, 0.2) is 0 Å². The number of carbonyl (C=O) groups is 1. The first-order valence-corrected chi connectivity index (χ1v) is 5.26. The van der Waals surface area contributed by atoms with Crippen molar-refractivity contribution in [1.82, 2.24) is 10.4 Å². The summed E-state index contributed by atoms with van der Waals surface area (Å²) in [6, 6.07) is 10.9. The van der Waals surface area contributed by atoms with Crippen LogP contribution in [-0.2, 0) is 0 Å². The van der Waals surface area contributed by atoms with Crippen LogP contribution in [0.1, 0.15) is 16.1 Å². The first kappa shape index (κ1) is 11.9. The van der Waals surface area contributed by atoms with Crippen LogP contribution in [0.5, 0.6) is 0 Å². The van der Waals surface area contributed by atoms with Gasteiger partial charge in [0.05, 0.1) is 6.21 Å². The SMILES string of the molecule is O=C(N/N=C/c1cccc(F)c1)c1ccccn1. The van der Waals surface area contributed by atoms with E-state index in [0.717, 1.165) is 0 Å². The summed E-state index contributed by atoms with van der Waals surface area (Å²) in [5, 5.41) is 3.73. The molecule has 2 rings (SSSR count). The molecule has 0 fully saturated rings. The highest BCUT2D eigenvalue weighted by molar-refractivity contribution is 5.92. The van der Waals surface area contributed by atoms with E-state index in [4.69, 9.17) is 0 Å². The van der Waals surface area contributed by atoms with E-state index in [9.17, 15) is 9.18 Å². The predicted molar refractivity (Wildman–Crippen MR) is 65.7 cm³/mol. The highest BCUT2D eigenvalue weighted by Gasteiger charge is 2.03. The van der Waals surface area contributed by atoms with Crippen molar-refractivity contribution in [2.75, 3.05) is 0 Å². The van der Waals surface area contributed by atoms with Crippen LogP contribution >= 0.6 is 0 Å². The number of carbonyl (C=O) groups excluding carboxylic acids is 1. The Labute approximate surface area is 103 Å². The first-order chi connectivity index (χ1) is 8.75. The zero-order chi connectivity index (χ0) is 12.8. The number of pyridine rings is 1. The van der Waals surface area contributed by atoms with Crippen LogP contribution in [0.15, 0.2) is 53.8 Å². The average Bonchev–Trinajstić information content (AvgIpc) is 2.40. The summed E-state index contributed by atoms with van der Waals surface area (Å²) in [4.78, 5) is 15.4. The molecule has 0 unspecified atom stereocenters. The van der Waals surface area contributed by atoms with Crippen LogP contribution in [0.4, 0.5) is 4.39 Å². The van der Waals surface area contributed by atoms with Crippen molar-refractivity contribution >= 4 is 12.1 Å². The molecule has 1 N–H and O–H groups in total. The van der Waals surface area contributed by atoms with Crippen LogP contribution in [-0.4, -0.2) is 17.1 Å². The Morgan fingerprint density at radius 3 is 2.89 bits per heavy atom. The molecular formula is C13H10FN3O. The van der Waals surface area contributed by atoms with Gasteiger partial charge in [0.1, 0.15) is 11.5 Å². The minimum atomic E-state index is -0.414. The Morgan fingerprint density at radius 2 is 2.17 bits per heavy atom. The number of hydrogen-bond donors (Lipinski definition) is 1. The fourth-order valence-corrected chi connectivity index (χ4v) is 1.31. The molecule has 0 aliphatic carbocycles. The van der Waals surface area contributed by atoms with Gasteiger partial charge in [-0.2, -0.15) is 5.10 Å². The number of hydrogen-bond acceptors (Lipinski definition) is 3. The van der Waals surface area contributed by atoms with Gasteiger partial charge >= 0.3 is 0 Å². The Balaban J connectivity index is 1.98. The van der Waals surface area contributed by atoms with E-state index < -0.39 is 5.91 Å². The second kappa shape index (κ2) is 5.67. The van der Waals surface area contributed by atoms with Crippen molar-refractivity contribution < 1.29 is 9.18 Å². The molecule has 18 heavy (non-hydrogen) atoms. The van der Waals surface area contributed by atoms with Gasteiger partial charge in [0.25, 0.3) is 5.91 Å². The number of amides is 1. The van der Waals surface area contributed by atoms with Gasteiger partial charge in [-0.15, -0.1) is 0 Å². The minimum Gasteiger partial charge on any atom is -0.266 e. The standard InChI is InChI=1S/C13H10FN3O/c14-11-5-3-4-10(8-11)9-16-17-13(18)12-6-1-2-7-15-12/h1-9H,(H,17,18)/b16-9+. The van der Waals surface area contributed by atoms with E-state index in [1.807, 2.05) is 0 Å². The molecule has 0 bridgehead atoms. The summed E-state index contributed by atoms with van der Waals surface area (Å²) in [5.41, 5.74) is 3.15. The highest BCUT2D eigenvalue weighted by Crippen LogP contribution is 2.00. The molecule has 0 aliphatic rings. The molecule has 0 aliphatic heterocycles. The smallest absolute Gasteiger partial charge is 0.266 e. The monoisotopic (exact) mass is 243 g/mol. The van der Waals surface area contributed by atoms with Gasteiger partial charge < -0.3 is 0 Å². The molecule has 0 radical (unpaired) electrons. The molecule has 4 nitrogen and oxygen atoms in total. The fraction of sp³-hybridized carbons (Fsp3) is 0. The maximum atomic E-state index is 12.9. The van der Waals surface area contributed by atoms with Crippen LogP contribution in [0.3, 0.4) is 0 Å². The van der Waals surface area contributed by atoms with Crippen molar-refractivity contribution in [1.29, 1.82) is 0 Å². The van der Waals surface area contributed by atoms with Gasteiger partial charge in [-0.3, -0.25) is 9.78 Å². The normalized spacial score (nSPS) is 10.5. The number of benzene rings is 1. The molecule has 0 saturated carbocycles. The molecule has 1 heterocycles. The molecule has 0 atom stereocenters.